The van der Waals surface area contributed by atoms with Gasteiger partial charge in [0.2, 0.25) is 0 Å². The molecule has 0 N–H and O–H groups in total. The molecule has 102 valence electrons. The second-order valence-electron chi connectivity index (χ2n) is 4.30. The van der Waals surface area contributed by atoms with Crippen molar-refractivity contribution in [1.82, 2.24) is 4.90 Å². The van der Waals surface area contributed by atoms with Crippen LogP contribution in [0.4, 0.5) is 0 Å². The summed E-state index contributed by atoms with van der Waals surface area (Å²) in [6, 6.07) is 5.89. The Hall–Kier alpha value is -0.930. The van der Waals surface area contributed by atoms with Crippen LogP contribution in [-0.4, -0.2) is 38.8 Å². The zero-order chi connectivity index (χ0) is 13.5. The second-order valence-corrected chi connectivity index (χ2v) is 4.83. The molecule has 0 radical (unpaired) electrons. The highest BCUT2D eigenvalue weighted by Crippen LogP contribution is 2.32. The third-order valence-corrected chi connectivity index (χ3v) is 2.84. The highest BCUT2D eigenvalue weighted by molar-refractivity contribution is 6.21. The molecule has 3 nitrogen and oxygen atoms in total. The lowest BCUT2D eigenvalue weighted by molar-refractivity contribution is 0.287. The standard InChI is InChI=1S/C14H22ClNO2/c1-5-17-13-8-7-11(9-14(13)18-6-2)12(15)10-16(3)4/h7-9,12H,5-6,10H2,1-4H3. The summed E-state index contributed by atoms with van der Waals surface area (Å²) in [5, 5.41) is -0.0464. The minimum atomic E-state index is -0.0464. The van der Waals surface area contributed by atoms with Crippen molar-refractivity contribution in [3.05, 3.63) is 23.8 Å². The van der Waals surface area contributed by atoms with E-state index in [1.165, 1.54) is 0 Å². The van der Waals surface area contributed by atoms with E-state index < -0.39 is 0 Å². The van der Waals surface area contributed by atoms with Crippen LogP contribution in [0.1, 0.15) is 24.8 Å². The van der Waals surface area contributed by atoms with Crippen LogP contribution in [0.15, 0.2) is 18.2 Å². The summed E-state index contributed by atoms with van der Waals surface area (Å²) < 4.78 is 11.1. The van der Waals surface area contributed by atoms with Crippen LogP contribution >= 0.6 is 11.6 Å². The third kappa shape index (κ3) is 4.39. The van der Waals surface area contributed by atoms with Gasteiger partial charge in [-0.25, -0.2) is 0 Å². The van der Waals surface area contributed by atoms with E-state index in [1.54, 1.807) is 0 Å². The third-order valence-electron chi connectivity index (χ3n) is 2.45. The Morgan fingerprint density at radius 2 is 1.72 bits per heavy atom. The number of ether oxygens (including phenoxy) is 2. The van der Waals surface area contributed by atoms with Gasteiger partial charge in [-0.2, -0.15) is 0 Å². The number of hydrogen-bond acceptors (Lipinski definition) is 3. The Balaban J connectivity index is 2.91. The molecular weight excluding hydrogens is 250 g/mol. The molecule has 0 saturated heterocycles. The van der Waals surface area contributed by atoms with Crippen LogP contribution in [0.2, 0.25) is 0 Å². The molecule has 1 aromatic carbocycles. The molecule has 4 heteroatoms. The minimum absolute atomic E-state index is 0.0464. The van der Waals surface area contributed by atoms with E-state index in [0.29, 0.717) is 13.2 Å². The van der Waals surface area contributed by atoms with E-state index in [1.807, 2.05) is 46.1 Å². The first-order valence-electron chi connectivity index (χ1n) is 6.26. The van der Waals surface area contributed by atoms with Crippen molar-refractivity contribution in [2.45, 2.75) is 19.2 Å². The molecule has 0 fully saturated rings. The second kappa shape index (κ2) is 7.49. The molecule has 1 aromatic rings. The van der Waals surface area contributed by atoms with Gasteiger partial charge in [0.15, 0.2) is 11.5 Å². The minimum Gasteiger partial charge on any atom is -0.490 e. The largest absolute Gasteiger partial charge is 0.490 e. The molecular formula is C14H22ClNO2. The molecule has 0 heterocycles. The molecule has 0 aliphatic rings. The zero-order valence-electron chi connectivity index (χ0n) is 11.6. The fourth-order valence-corrected chi connectivity index (χ4v) is 2.10. The summed E-state index contributed by atoms with van der Waals surface area (Å²) in [5.74, 6) is 1.54. The van der Waals surface area contributed by atoms with Crippen molar-refractivity contribution in [3.63, 3.8) is 0 Å². The van der Waals surface area contributed by atoms with Crippen LogP contribution < -0.4 is 9.47 Å². The van der Waals surface area contributed by atoms with Crippen LogP contribution in [0.3, 0.4) is 0 Å². The van der Waals surface area contributed by atoms with Crippen molar-refractivity contribution < 1.29 is 9.47 Å². The van der Waals surface area contributed by atoms with E-state index in [-0.39, 0.29) is 5.38 Å². The fraction of sp³-hybridized carbons (Fsp3) is 0.571. The Labute approximate surface area is 115 Å². The fourth-order valence-electron chi connectivity index (χ4n) is 1.69. The van der Waals surface area contributed by atoms with Gasteiger partial charge >= 0.3 is 0 Å². The van der Waals surface area contributed by atoms with Gasteiger partial charge in [0.1, 0.15) is 0 Å². The first-order valence-corrected chi connectivity index (χ1v) is 6.70. The highest BCUT2D eigenvalue weighted by atomic mass is 35.5. The van der Waals surface area contributed by atoms with Crippen LogP contribution in [0, 0.1) is 0 Å². The zero-order valence-corrected chi connectivity index (χ0v) is 12.3. The molecule has 1 rings (SSSR count). The SMILES string of the molecule is CCOc1ccc(C(Cl)CN(C)C)cc1OCC. The molecule has 1 unspecified atom stereocenters. The highest BCUT2D eigenvalue weighted by Gasteiger charge is 2.13. The van der Waals surface area contributed by atoms with Crippen LogP contribution in [0.25, 0.3) is 0 Å². The molecule has 0 bridgehead atoms. The van der Waals surface area contributed by atoms with Crippen LogP contribution in [0.5, 0.6) is 11.5 Å². The lowest BCUT2D eigenvalue weighted by atomic mass is 10.1. The average Bonchev–Trinajstić information content (AvgIpc) is 2.31. The van der Waals surface area contributed by atoms with Gasteiger partial charge in [0.25, 0.3) is 0 Å². The van der Waals surface area contributed by atoms with E-state index in [4.69, 9.17) is 21.1 Å². The summed E-state index contributed by atoms with van der Waals surface area (Å²) in [7, 11) is 4.01. The Bertz CT molecular complexity index is 369. The quantitative estimate of drug-likeness (QED) is 0.710. The van der Waals surface area contributed by atoms with Gasteiger partial charge in [-0.15, -0.1) is 11.6 Å². The van der Waals surface area contributed by atoms with Crippen molar-refractivity contribution in [2.24, 2.45) is 0 Å². The van der Waals surface area contributed by atoms with Crippen molar-refractivity contribution in [1.29, 1.82) is 0 Å². The van der Waals surface area contributed by atoms with E-state index in [9.17, 15) is 0 Å². The Morgan fingerprint density at radius 1 is 1.11 bits per heavy atom. The summed E-state index contributed by atoms with van der Waals surface area (Å²) in [6.45, 7) is 5.95. The maximum Gasteiger partial charge on any atom is 0.161 e. The predicted octanol–water partition coefficient (Wildman–Crippen LogP) is 3.33. The normalized spacial score (nSPS) is 12.6. The van der Waals surface area contributed by atoms with Gasteiger partial charge in [0, 0.05) is 6.54 Å². The maximum atomic E-state index is 6.36. The van der Waals surface area contributed by atoms with Crippen molar-refractivity contribution in [3.8, 4) is 11.5 Å². The van der Waals surface area contributed by atoms with Gasteiger partial charge in [-0.1, -0.05) is 6.07 Å². The molecule has 0 spiro atoms. The lowest BCUT2D eigenvalue weighted by Gasteiger charge is -2.17. The molecule has 0 amide bonds. The molecule has 0 aliphatic heterocycles. The maximum absolute atomic E-state index is 6.36. The summed E-state index contributed by atoms with van der Waals surface area (Å²) in [6.07, 6.45) is 0. The molecule has 0 aromatic heterocycles. The predicted molar refractivity (Wildman–Crippen MR) is 75.9 cm³/mol. The summed E-state index contributed by atoms with van der Waals surface area (Å²) in [4.78, 5) is 2.06. The van der Waals surface area contributed by atoms with E-state index in [0.717, 1.165) is 23.6 Å². The van der Waals surface area contributed by atoms with Crippen molar-refractivity contribution >= 4 is 11.6 Å². The number of nitrogens with zero attached hydrogens (tertiary/aromatic N) is 1. The smallest absolute Gasteiger partial charge is 0.161 e. The number of rotatable bonds is 7. The molecule has 1 atom stereocenters. The van der Waals surface area contributed by atoms with Gasteiger partial charge in [-0.3, -0.25) is 0 Å². The lowest BCUT2D eigenvalue weighted by Crippen LogP contribution is -2.17. The first kappa shape index (κ1) is 15.1. The van der Waals surface area contributed by atoms with Gasteiger partial charge in [-0.05, 0) is 45.6 Å². The molecule has 18 heavy (non-hydrogen) atoms. The van der Waals surface area contributed by atoms with Gasteiger partial charge < -0.3 is 14.4 Å². The summed E-state index contributed by atoms with van der Waals surface area (Å²) >= 11 is 6.36. The number of hydrogen-bond donors (Lipinski definition) is 0. The number of benzene rings is 1. The molecule has 0 aliphatic carbocycles. The van der Waals surface area contributed by atoms with Gasteiger partial charge in [0.05, 0.1) is 18.6 Å². The summed E-state index contributed by atoms with van der Waals surface area (Å²) in [5.41, 5.74) is 1.05. The topological polar surface area (TPSA) is 21.7 Å². The Kier molecular flexibility index (Phi) is 6.30. The van der Waals surface area contributed by atoms with Crippen molar-refractivity contribution in [2.75, 3.05) is 33.9 Å². The van der Waals surface area contributed by atoms with E-state index in [2.05, 4.69) is 4.90 Å². The number of likely N-dealkylation sites (N-methyl/N-ethyl adjacent to an activating group) is 1. The first-order chi connectivity index (χ1) is 8.58. The number of alkyl halides is 1. The molecule has 0 saturated carbocycles. The van der Waals surface area contributed by atoms with Crippen LogP contribution in [-0.2, 0) is 0 Å². The Morgan fingerprint density at radius 3 is 2.28 bits per heavy atom. The monoisotopic (exact) mass is 271 g/mol. The average molecular weight is 272 g/mol. The van der Waals surface area contributed by atoms with E-state index >= 15 is 0 Å². The number of halogens is 1.